The molecule has 1 rings (SSSR count). The van der Waals surface area contributed by atoms with E-state index in [1.165, 1.54) is 0 Å². The lowest BCUT2D eigenvalue weighted by Crippen LogP contribution is -2.32. The molecule has 0 radical (unpaired) electrons. The van der Waals surface area contributed by atoms with Crippen LogP contribution in [0.25, 0.3) is 0 Å². The predicted molar refractivity (Wildman–Crippen MR) is 51.2 cm³/mol. The van der Waals surface area contributed by atoms with Gasteiger partial charge in [0.1, 0.15) is 0 Å². The Balaban J connectivity index is 2.47. The standard InChI is InChI=1S/C10H19NO2/c1-7(2)9-4-10(13)11(6-9)5-8(3)12/h7-9,12H,4-6H2,1-3H3. The fourth-order valence-corrected chi connectivity index (χ4v) is 1.74. The normalized spacial score (nSPS) is 25.8. The number of carbonyl (C=O) groups excluding carboxylic acids is 1. The lowest BCUT2D eigenvalue weighted by Gasteiger charge is -2.19. The first-order chi connectivity index (χ1) is 6.00. The van der Waals surface area contributed by atoms with Crippen LogP contribution in [-0.4, -0.2) is 35.1 Å². The van der Waals surface area contributed by atoms with Gasteiger partial charge in [0.15, 0.2) is 0 Å². The van der Waals surface area contributed by atoms with Gasteiger partial charge in [0.25, 0.3) is 0 Å². The van der Waals surface area contributed by atoms with E-state index in [1.54, 1.807) is 11.8 Å². The van der Waals surface area contributed by atoms with Crippen molar-refractivity contribution >= 4 is 5.91 Å². The summed E-state index contributed by atoms with van der Waals surface area (Å²) < 4.78 is 0. The molecule has 1 aliphatic rings. The van der Waals surface area contributed by atoms with Gasteiger partial charge >= 0.3 is 0 Å². The first kappa shape index (κ1) is 10.5. The molecule has 3 nitrogen and oxygen atoms in total. The van der Waals surface area contributed by atoms with Gasteiger partial charge in [0, 0.05) is 19.5 Å². The molecule has 76 valence electrons. The summed E-state index contributed by atoms with van der Waals surface area (Å²) in [5, 5.41) is 9.16. The quantitative estimate of drug-likeness (QED) is 0.709. The number of likely N-dealkylation sites (tertiary alicyclic amines) is 1. The molecule has 0 aromatic heterocycles. The van der Waals surface area contributed by atoms with E-state index in [9.17, 15) is 4.79 Å². The summed E-state index contributed by atoms with van der Waals surface area (Å²) in [6, 6.07) is 0. The number of aliphatic hydroxyl groups is 1. The average Bonchev–Trinajstić information content (AvgIpc) is 2.31. The molecule has 1 fully saturated rings. The third-order valence-electron chi connectivity index (χ3n) is 2.67. The monoisotopic (exact) mass is 185 g/mol. The number of rotatable bonds is 3. The third-order valence-corrected chi connectivity index (χ3v) is 2.67. The highest BCUT2D eigenvalue weighted by molar-refractivity contribution is 5.78. The van der Waals surface area contributed by atoms with Crippen molar-refractivity contribution in [3.8, 4) is 0 Å². The highest BCUT2D eigenvalue weighted by atomic mass is 16.3. The Morgan fingerprint density at radius 3 is 2.54 bits per heavy atom. The molecule has 0 aromatic rings. The van der Waals surface area contributed by atoms with Gasteiger partial charge in [0.2, 0.25) is 5.91 Å². The van der Waals surface area contributed by atoms with Gasteiger partial charge < -0.3 is 10.0 Å². The maximum Gasteiger partial charge on any atom is 0.223 e. The van der Waals surface area contributed by atoms with Crippen molar-refractivity contribution in [1.29, 1.82) is 0 Å². The van der Waals surface area contributed by atoms with Gasteiger partial charge in [-0.05, 0) is 18.8 Å². The SMILES string of the molecule is CC(O)CN1CC(C(C)C)CC1=O. The van der Waals surface area contributed by atoms with Gasteiger partial charge in [-0.1, -0.05) is 13.8 Å². The van der Waals surface area contributed by atoms with E-state index in [1.807, 2.05) is 0 Å². The van der Waals surface area contributed by atoms with Crippen LogP contribution in [-0.2, 0) is 4.79 Å². The Morgan fingerprint density at radius 1 is 1.54 bits per heavy atom. The molecular weight excluding hydrogens is 166 g/mol. The number of amides is 1. The molecule has 1 heterocycles. The number of carbonyl (C=O) groups is 1. The molecule has 0 spiro atoms. The lowest BCUT2D eigenvalue weighted by atomic mass is 9.95. The second-order valence-electron chi connectivity index (χ2n) is 4.36. The molecule has 0 aromatic carbocycles. The molecule has 2 atom stereocenters. The predicted octanol–water partition coefficient (Wildman–Crippen LogP) is 0.872. The van der Waals surface area contributed by atoms with Crippen molar-refractivity contribution in [2.45, 2.75) is 33.3 Å². The maximum absolute atomic E-state index is 11.4. The van der Waals surface area contributed by atoms with Crippen LogP contribution < -0.4 is 0 Å². The van der Waals surface area contributed by atoms with Crippen molar-refractivity contribution in [3.05, 3.63) is 0 Å². The summed E-state index contributed by atoms with van der Waals surface area (Å²) in [7, 11) is 0. The molecule has 1 saturated heterocycles. The van der Waals surface area contributed by atoms with Crippen molar-refractivity contribution in [1.82, 2.24) is 4.90 Å². The minimum Gasteiger partial charge on any atom is -0.392 e. The van der Waals surface area contributed by atoms with Crippen LogP contribution in [0.5, 0.6) is 0 Å². The summed E-state index contributed by atoms with van der Waals surface area (Å²) in [6.45, 7) is 7.31. The van der Waals surface area contributed by atoms with Crippen molar-refractivity contribution < 1.29 is 9.90 Å². The third kappa shape index (κ3) is 2.69. The van der Waals surface area contributed by atoms with Crippen LogP contribution in [0.4, 0.5) is 0 Å². The first-order valence-corrected chi connectivity index (χ1v) is 4.96. The molecule has 0 saturated carbocycles. The van der Waals surface area contributed by atoms with E-state index < -0.39 is 6.10 Å². The number of β-amino-alcohol motifs (C(OH)–C–C–N with tert-alkyl or cyclic N) is 1. The second-order valence-corrected chi connectivity index (χ2v) is 4.36. The van der Waals surface area contributed by atoms with Gasteiger partial charge in [0.05, 0.1) is 6.10 Å². The topological polar surface area (TPSA) is 40.5 Å². The van der Waals surface area contributed by atoms with Crippen LogP contribution >= 0.6 is 0 Å². The number of aliphatic hydroxyl groups excluding tert-OH is 1. The number of hydrogen-bond acceptors (Lipinski definition) is 2. The maximum atomic E-state index is 11.4. The first-order valence-electron chi connectivity index (χ1n) is 4.96. The smallest absolute Gasteiger partial charge is 0.223 e. The zero-order valence-corrected chi connectivity index (χ0v) is 8.66. The summed E-state index contributed by atoms with van der Waals surface area (Å²) in [5.41, 5.74) is 0. The summed E-state index contributed by atoms with van der Waals surface area (Å²) in [5.74, 6) is 1.23. The van der Waals surface area contributed by atoms with Crippen molar-refractivity contribution in [2.24, 2.45) is 11.8 Å². The van der Waals surface area contributed by atoms with E-state index >= 15 is 0 Å². The number of nitrogens with zero attached hydrogens (tertiary/aromatic N) is 1. The second kappa shape index (κ2) is 4.09. The highest BCUT2D eigenvalue weighted by Crippen LogP contribution is 2.24. The summed E-state index contributed by atoms with van der Waals surface area (Å²) in [4.78, 5) is 13.2. The zero-order valence-electron chi connectivity index (χ0n) is 8.66. The fraction of sp³-hybridized carbons (Fsp3) is 0.900. The molecule has 1 N–H and O–H groups in total. The summed E-state index contributed by atoms with van der Waals surface area (Å²) >= 11 is 0. The molecule has 0 bridgehead atoms. The van der Waals surface area contributed by atoms with Crippen LogP contribution in [0.1, 0.15) is 27.2 Å². The van der Waals surface area contributed by atoms with E-state index in [4.69, 9.17) is 5.11 Å². The van der Waals surface area contributed by atoms with Crippen LogP contribution in [0, 0.1) is 11.8 Å². The molecule has 13 heavy (non-hydrogen) atoms. The molecule has 1 amide bonds. The Bertz CT molecular complexity index is 189. The Kier molecular flexibility index (Phi) is 3.31. The Morgan fingerprint density at radius 2 is 2.15 bits per heavy atom. The minimum absolute atomic E-state index is 0.194. The van der Waals surface area contributed by atoms with Gasteiger partial charge in [-0.25, -0.2) is 0 Å². The van der Waals surface area contributed by atoms with E-state index in [-0.39, 0.29) is 5.91 Å². The lowest BCUT2D eigenvalue weighted by molar-refractivity contribution is -0.128. The zero-order chi connectivity index (χ0) is 10.0. The highest BCUT2D eigenvalue weighted by Gasteiger charge is 2.31. The van der Waals surface area contributed by atoms with Gasteiger partial charge in [-0.15, -0.1) is 0 Å². The molecule has 2 unspecified atom stereocenters. The van der Waals surface area contributed by atoms with Gasteiger partial charge in [-0.3, -0.25) is 4.79 Å². The van der Waals surface area contributed by atoms with E-state index in [0.29, 0.717) is 24.8 Å². The molecule has 3 heteroatoms. The average molecular weight is 185 g/mol. The van der Waals surface area contributed by atoms with Gasteiger partial charge in [-0.2, -0.15) is 0 Å². The molecule has 1 aliphatic heterocycles. The van der Waals surface area contributed by atoms with Crippen LogP contribution in [0.15, 0.2) is 0 Å². The number of hydrogen-bond donors (Lipinski definition) is 1. The van der Waals surface area contributed by atoms with Crippen molar-refractivity contribution in [3.63, 3.8) is 0 Å². The Labute approximate surface area is 79.7 Å². The Hall–Kier alpha value is -0.570. The minimum atomic E-state index is -0.408. The van der Waals surface area contributed by atoms with Crippen LogP contribution in [0.2, 0.25) is 0 Å². The largest absolute Gasteiger partial charge is 0.392 e. The summed E-state index contributed by atoms with van der Waals surface area (Å²) in [6.07, 6.45) is 0.250. The van der Waals surface area contributed by atoms with Crippen LogP contribution in [0.3, 0.4) is 0 Å². The van der Waals surface area contributed by atoms with E-state index in [0.717, 1.165) is 6.54 Å². The molecular formula is C10H19NO2. The van der Waals surface area contributed by atoms with E-state index in [2.05, 4.69) is 13.8 Å². The van der Waals surface area contributed by atoms with Crippen molar-refractivity contribution in [2.75, 3.05) is 13.1 Å². The molecule has 0 aliphatic carbocycles. The fourth-order valence-electron chi connectivity index (χ4n) is 1.74.